The molecular weight excluding hydrogens is 328 g/mol. The highest BCUT2D eigenvalue weighted by atomic mass is 16.5. The van der Waals surface area contributed by atoms with Crippen molar-refractivity contribution in [3.63, 3.8) is 0 Å². The highest BCUT2D eigenvalue weighted by Gasteiger charge is 2.59. The Morgan fingerprint density at radius 1 is 0.962 bits per heavy atom. The summed E-state index contributed by atoms with van der Waals surface area (Å²) in [6.07, 6.45) is 5.28. The second kappa shape index (κ2) is 6.32. The molecule has 2 aliphatic heterocycles. The number of hydrogen-bond donors (Lipinski definition) is 0. The van der Waals surface area contributed by atoms with E-state index in [1.165, 1.54) is 0 Å². The van der Waals surface area contributed by atoms with Crippen LogP contribution in [0.2, 0.25) is 0 Å². The van der Waals surface area contributed by atoms with Crippen LogP contribution in [0.1, 0.15) is 18.0 Å². The third-order valence-electron chi connectivity index (χ3n) is 6.59. The van der Waals surface area contributed by atoms with Crippen LogP contribution in [0.3, 0.4) is 0 Å². The molecule has 5 rings (SSSR count). The number of morpholine rings is 1. The SMILES string of the molecule is O=C1[C@H]2[C@H](C(=O)N1C[C@@H](c1ccccc1)N1CCOCC1)[C@H]1C=C[C@H]2C1. The number of ether oxygens (including phenoxy) is 1. The number of allylic oxidation sites excluding steroid dienone is 2. The molecular formula is C21H24N2O3. The van der Waals surface area contributed by atoms with E-state index in [0.29, 0.717) is 19.8 Å². The Balaban J connectivity index is 1.42. The molecule has 1 saturated carbocycles. The maximum Gasteiger partial charge on any atom is 0.233 e. The van der Waals surface area contributed by atoms with E-state index in [1.54, 1.807) is 4.90 Å². The standard InChI is InChI=1S/C21H24N2O3/c24-20-18-15-6-7-16(12-15)19(18)21(25)23(20)13-17(14-4-2-1-3-5-14)22-8-10-26-11-9-22/h1-7,15-19H,8-13H2/t15-,16-,17-,18+,19+/m0/s1. The molecule has 5 nitrogen and oxygen atoms in total. The van der Waals surface area contributed by atoms with Gasteiger partial charge in [0.2, 0.25) is 11.8 Å². The summed E-state index contributed by atoms with van der Waals surface area (Å²) in [6, 6.07) is 10.3. The molecule has 2 heterocycles. The van der Waals surface area contributed by atoms with Gasteiger partial charge in [0, 0.05) is 19.6 Å². The van der Waals surface area contributed by atoms with Crippen LogP contribution in [0.25, 0.3) is 0 Å². The number of carbonyl (C=O) groups is 2. The van der Waals surface area contributed by atoms with E-state index < -0.39 is 0 Å². The minimum absolute atomic E-state index is 0.0393. The summed E-state index contributed by atoms with van der Waals surface area (Å²) >= 11 is 0. The predicted octanol–water partition coefficient (Wildman–Crippen LogP) is 1.87. The van der Waals surface area contributed by atoms with Gasteiger partial charge in [-0.2, -0.15) is 0 Å². The lowest BCUT2D eigenvalue weighted by atomic mass is 9.85. The number of imide groups is 1. The first-order valence-corrected chi connectivity index (χ1v) is 9.64. The van der Waals surface area contributed by atoms with Gasteiger partial charge < -0.3 is 4.74 Å². The van der Waals surface area contributed by atoms with Gasteiger partial charge >= 0.3 is 0 Å². The molecule has 1 aromatic rings. The normalized spacial score (nSPS) is 34.5. The van der Waals surface area contributed by atoms with E-state index in [9.17, 15) is 9.59 Å². The number of rotatable bonds is 4. The van der Waals surface area contributed by atoms with E-state index >= 15 is 0 Å². The Labute approximate surface area is 153 Å². The lowest BCUT2D eigenvalue weighted by Gasteiger charge is -2.36. The number of amides is 2. The summed E-state index contributed by atoms with van der Waals surface area (Å²) in [7, 11) is 0. The smallest absolute Gasteiger partial charge is 0.233 e. The van der Waals surface area contributed by atoms with Gasteiger partial charge in [-0.25, -0.2) is 0 Å². The second-order valence-corrected chi connectivity index (χ2v) is 7.86. The third-order valence-corrected chi connectivity index (χ3v) is 6.59. The van der Waals surface area contributed by atoms with Crippen molar-refractivity contribution in [2.75, 3.05) is 32.8 Å². The van der Waals surface area contributed by atoms with Crippen LogP contribution in [0.15, 0.2) is 42.5 Å². The number of likely N-dealkylation sites (tertiary alicyclic amines) is 1. The molecule has 3 fully saturated rings. The van der Waals surface area contributed by atoms with Crippen LogP contribution in [0.4, 0.5) is 0 Å². The van der Waals surface area contributed by atoms with Crippen molar-refractivity contribution in [2.45, 2.75) is 12.5 Å². The number of benzene rings is 1. The van der Waals surface area contributed by atoms with Gasteiger partial charge in [0.1, 0.15) is 0 Å². The molecule has 2 aliphatic carbocycles. The summed E-state index contributed by atoms with van der Waals surface area (Å²) in [5.74, 6) is 0.407. The van der Waals surface area contributed by atoms with Gasteiger partial charge in [-0.3, -0.25) is 19.4 Å². The molecule has 5 atom stereocenters. The van der Waals surface area contributed by atoms with Crippen LogP contribution in [0, 0.1) is 23.7 Å². The maximum absolute atomic E-state index is 13.1. The number of nitrogens with zero attached hydrogens (tertiary/aromatic N) is 2. The van der Waals surface area contributed by atoms with Crippen LogP contribution >= 0.6 is 0 Å². The summed E-state index contributed by atoms with van der Waals surface area (Å²) in [5, 5.41) is 0. The van der Waals surface area contributed by atoms with E-state index in [2.05, 4.69) is 29.2 Å². The maximum atomic E-state index is 13.1. The average molecular weight is 352 g/mol. The van der Waals surface area contributed by atoms with E-state index in [4.69, 9.17) is 4.74 Å². The summed E-state index contributed by atoms with van der Waals surface area (Å²) < 4.78 is 5.50. The first kappa shape index (κ1) is 16.2. The first-order chi connectivity index (χ1) is 12.7. The van der Waals surface area contributed by atoms with Crippen molar-refractivity contribution >= 4 is 11.8 Å². The van der Waals surface area contributed by atoms with Gasteiger partial charge in [0.25, 0.3) is 0 Å². The molecule has 0 radical (unpaired) electrons. The highest BCUT2D eigenvalue weighted by Crippen LogP contribution is 2.52. The minimum Gasteiger partial charge on any atom is -0.379 e. The van der Waals surface area contributed by atoms with Crippen molar-refractivity contribution < 1.29 is 14.3 Å². The Kier molecular flexibility index (Phi) is 3.94. The molecule has 4 aliphatic rings. The largest absolute Gasteiger partial charge is 0.379 e. The number of fused-ring (bicyclic) bond motifs is 5. The van der Waals surface area contributed by atoms with Gasteiger partial charge in [-0.05, 0) is 23.8 Å². The topological polar surface area (TPSA) is 49.9 Å². The molecule has 26 heavy (non-hydrogen) atoms. The van der Waals surface area contributed by atoms with Crippen molar-refractivity contribution in [3.8, 4) is 0 Å². The molecule has 1 aromatic carbocycles. The molecule has 2 amide bonds. The Morgan fingerprint density at radius 2 is 1.58 bits per heavy atom. The minimum atomic E-state index is -0.112. The number of hydrogen-bond acceptors (Lipinski definition) is 4. The fourth-order valence-corrected chi connectivity index (χ4v) is 5.31. The van der Waals surface area contributed by atoms with Crippen LogP contribution in [-0.2, 0) is 14.3 Å². The van der Waals surface area contributed by atoms with Crippen LogP contribution < -0.4 is 0 Å². The van der Waals surface area contributed by atoms with E-state index in [0.717, 1.165) is 25.1 Å². The molecule has 0 spiro atoms. The molecule has 0 N–H and O–H groups in total. The molecule has 136 valence electrons. The second-order valence-electron chi connectivity index (χ2n) is 7.86. The summed E-state index contributed by atoms with van der Waals surface area (Å²) in [6.45, 7) is 3.51. The highest BCUT2D eigenvalue weighted by molar-refractivity contribution is 6.06. The van der Waals surface area contributed by atoms with Crippen LogP contribution in [0.5, 0.6) is 0 Å². The zero-order valence-electron chi connectivity index (χ0n) is 14.8. The average Bonchev–Trinajstić information content (AvgIpc) is 3.36. The zero-order valence-corrected chi connectivity index (χ0v) is 14.8. The molecule has 2 bridgehead atoms. The third kappa shape index (κ3) is 2.45. The Bertz CT molecular complexity index is 711. The van der Waals surface area contributed by atoms with Gasteiger partial charge in [-0.15, -0.1) is 0 Å². The first-order valence-electron chi connectivity index (χ1n) is 9.64. The van der Waals surface area contributed by atoms with Crippen molar-refractivity contribution in [1.82, 2.24) is 9.80 Å². The summed E-state index contributed by atoms with van der Waals surface area (Å²) in [5.41, 5.74) is 1.16. The van der Waals surface area contributed by atoms with Gasteiger partial charge in [0.15, 0.2) is 0 Å². The quantitative estimate of drug-likeness (QED) is 0.613. The number of carbonyl (C=O) groups excluding carboxylic acids is 2. The van der Waals surface area contributed by atoms with Gasteiger partial charge in [-0.1, -0.05) is 42.5 Å². The Hall–Kier alpha value is -1.98. The lowest BCUT2D eigenvalue weighted by Crippen LogP contribution is -2.45. The fraction of sp³-hybridized carbons (Fsp3) is 0.524. The molecule has 0 aromatic heterocycles. The zero-order chi connectivity index (χ0) is 17.7. The van der Waals surface area contributed by atoms with Crippen molar-refractivity contribution in [2.24, 2.45) is 23.7 Å². The molecule has 0 unspecified atom stereocenters. The van der Waals surface area contributed by atoms with E-state index in [1.807, 2.05) is 18.2 Å². The summed E-state index contributed by atoms with van der Waals surface area (Å²) in [4.78, 5) is 30.0. The van der Waals surface area contributed by atoms with Crippen molar-refractivity contribution in [1.29, 1.82) is 0 Å². The van der Waals surface area contributed by atoms with Crippen LogP contribution in [-0.4, -0.2) is 54.5 Å². The molecule has 5 heteroatoms. The van der Waals surface area contributed by atoms with Crippen molar-refractivity contribution in [3.05, 3.63) is 48.0 Å². The van der Waals surface area contributed by atoms with E-state index in [-0.39, 0.29) is 41.5 Å². The van der Waals surface area contributed by atoms with Gasteiger partial charge in [0.05, 0.1) is 31.1 Å². The fourth-order valence-electron chi connectivity index (χ4n) is 5.31. The monoisotopic (exact) mass is 352 g/mol. The molecule has 2 saturated heterocycles. The Morgan fingerprint density at radius 3 is 2.19 bits per heavy atom. The lowest BCUT2D eigenvalue weighted by molar-refractivity contribution is -0.142. The predicted molar refractivity (Wildman–Crippen MR) is 96.0 cm³/mol.